The highest BCUT2D eigenvalue weighted by Crippen LogP contribution is 2.37. The maximum Gasteiger partial charge on any atom is 0.408 e. The van der Waals surface area contributed by atoms with Crippen LogP contribution in [-0.2, 0) is 28.2 Å². The van der Waals surface area contributed by atoms with E-state index in [4.69, 9.17) is 18.6 Å². The average molecular weight is 460 g/mol. The highest BCUT2D eigenvalue weighted by molar-refractivity contribution is 6.74. The van der Waals surface area contributed by atoms with Crippen molar-refractivity contribution >= 4 is 26.3 Å². The summed E-state index contributed by atoms with van der Waals surface area (Å²) in [6.45, 7) is 19.8. The number of amides is 1. The minimum atomic E-state index is -2.08. The van der Waals surface area contributed by atoms with E-state index in [9.17, 15) is 14.4 Å². The number of esters is 2. The molecule has 1 amide bonds. The number of methoxy groups -OCH3 is 2. The smallest absolute Gasteiger partial charge is 0.408 e. The monoisotopic (exact) mass is 459 g/mol. The van der Waals surface area contributed by atoms with Gasteiger partial charge in [0.1, 0.15) is 11.6 Å². The van der Waals surface area contributed by atoms with Gasteiger partial charge in [0.25, 0.3) is 0 Å². The molecule has 0 saturated heterocycles. The van der Waals surface area contributed by atoms with E-state index < -0.39 is 49.8 Å². The van der Waals surface area contributed by atoms with Crippen LogP contribution in [0.25, 0.3) is 0 Å². The van der Waals surface area contributed by atoms with Crippen molar-refractivity contribution in [2.75, 3.05) is 20.8 Å². The lowest BCUT2D eigenvalue weighted by Gasteiger charge is -2.38. The second-order valence-corrected chi connectivity index (χ2v) is 14.9. The van der Waals surface area contributed by atoms with Crippen molar-refractivity contribution in [2.45, 2.75) is 77.7 Å². The standard InChI is InChI=1S/C22H41NO7Si/c1-12-15(14-29-31(10,11)22(5,6)7)16(18(24)27-8)13-17(19(25)28-9)23-20(26)30-21(2,3)4/h12,15-17H,1,13-14H2,2-11H3,(H,23,26)/t15-,16+,17+/m1/s1. The molecule has 0 radical (unpaired) electrons. The van der Waals surface area contributed by atoms with Gasteiger partial charge in [-0.05, 0) is 45.3 Å². The molecular formula is C22H41NO7Si. The van der Waals surface area contributed by atoms with Gasteiger partial charge in [-0.1, -0.05) is 26.8 Å². The molecule has 9 heteroatoms. The summed E-state index contributed by atoms with van der Waals surface area (Å²) >= 11 is 0. The molecule has 0 unspecified atom stereocenters. The molecule has 31 heavy (non-hydrogen) atoms. The van der Waals surface area contributed by atoms with E-state index in [-0.39, 0.29) is 18.1 Å². The van der Waals surface area contributed by atoms with Gasteiger partial charge in [0.2, 0.25) is 0 Å². The molecule has 0 fully saturated rings. The van der Waals surface area contributed by atoms with E-state index >= 15 is 0 Å². The molecule has 0 heterocycles. The molecule has 3 atom stereocenters. The summed E-state index contributed by atoms with van der Waals surface area (Å²) in [6, 6.07) is -1.10. The van der Waals surface area contributed by atoms with Crippen LogP contribution in [0.3, 0.4) is 0 Å². The predicted molar refractivity (Wildman–Crippen MR) is 122 cm³/mol. The molecule has 0 aliphatic heterocycles. The molecule has 0 bridgehead atoms. The van der Waals surface area contributed by atoms with Gasteiger partial charge in [0.15, 0.2) is 8.32 Å². The number of carbonyl (C=O) groups excluding carboxylic acids is 3. The van der Waals surface area contributed by atoms with Crippen molar-refractivity contribution in [3.05, 3.63) is 12.7 Å². The minimum absolute atomic E-state index is 0.00764. The number of rotatable bonds is 10. The Bertz CT molecular complexity index is 635. The number of nitrogens with one attached hydrogen (secondary N) is 1. The third-order valence-corrected chi connectivity index (χ3v) is 9.93. The Hall–Kier alpha value is -1.87. The van der Waals surface area contributed by atoms with E-state index in [1.807, 2.05) is 0 Å². The van der Waals surface area contributed by atoms with E-state index in [0.717, 1.165) is 0 Å². The first-order valence-electron chi connectivity index (χ1n) is 10.4. The summed E-state index contributed by atoms with van der Waals surface area (Å²) in [5, 5.41) is 2.49. The third kappa shape index (κ3) is 9.86. The molecular weight excluding hydrogens is 418 g/mol. The van der Waals surface area contributed by atoms with E-state index in [0.29, 0.717) is 0 Å². The zero-order valence-corrected chi connectivity index (χ0v) is 21.8. The van der Waals surface area contributed by atoms with E-state index in [1.54, 1.807) is 26.8 Å². The van der Waals surface area contributed by atoms with Crippen LogP contribution in [-0.4, -0.2) is 58.8 Å². The van der Waals surface area contributed by atoms with Gasteiger partial charge in [-0.2, -0.15) is 0 Å². The van der Waals surface area contributed by atoms with Crippen LogP contribution in [0.15, 0.2) is 12.7 Å². The number of ether oxygens (including phenoxy) is 3. The lowest BCUT2D eigenvalue weighted by Crippen LogP contribution is -2.47. The zero-order valence-electron chi connectivity index (χ0n) is 20.8. The van der Waals surface area contributed by atoms with E-state index in [1.165, 1.54) is 14.2 Å². The number of alkyl carbamates (subject to hydrolysis) is 1. The first kappa shape index (κ1) is 29.1. The Morgan fingerprint density at radius 3 is 1.90 bits per heavy atom. The van der Waals surface area contributed by atoms with Crippen LogP contribution >= 0.6 is 0 Å². The third-order valence-electron chi connectivity index (χ3n) is 5.43. The predicted octanol–water partition coefficient (Wildman–Crippen LogP) is 4.06. The molecule has 0 aromatic carbocycles. The zero-order chi connectivity index (χ0) is 24.6. The maximum absolute atomic E-state index is 12.6. The summed E-state index contributed by atoms with van der Waals surface area (Å²) in [5.74, 6) is -2.41. The first-order chi connectivity index (χ1) is 14.0. The summed E-state index contributed by atoms with van der Waals surface area (Å²) < 4.78 is 21.3. The first-order valence-corrected chi connectivity index (χ1v) is 13.3. The highest BCUT2D eigenvalue weighted by Gasteiger charge is 2.40. The lowest BCUT2D eigenvalue weighted by atomic mass is 9.87. The Morgan fingerprint density at radius 1 is 1.00 bits per heavy atom. The average Bonchev–Trinajstić information content (AvgIpc) is 2.62. The Labute approximate surface area is 188 Å². The van der Waals surface area contributed by atoms with Crippen molar-refractivity contribution in [3.63, 3.8) is 0 Å². The van der Waals surface area contributed by atoms with Crippen molar-refractivity contribution in [1.29, 1.82) is 0 Å². The fraction of sp³-hybridized carbons (Fsp3) is 0.773. The summed E-state index contributed by atoms with van der Waals surface area (Å²) in [4.78, 5) is 37.1. The van der Waals surface area contributed by atoms with Gasteiger partial charge in [0, 0.05) is 12.5 Å². The fourth-order valence-electron chi connectivity index (χ4n) is 2.53. The van der Waals surface area contributed by atoms with Crippen LogP contribution in [0.2, 0.25) is 18.1 Å². The summed E-state index contributed by atoms with van der Waals surface area (Å²) in [5.41, 5.74) is -0.743. The largest absolute Gasteiger partial charge is 0.469 e. The van der Waals surface area contributed by atoms with Crippen LogP contribution in [0, 0.1) is 11.8 Å². The topological polar surface area (TPSA) is 100 Å². The Morgan fingerprint density at radius 2 is 1.52 bits per heavy atom. The normalized spacial score (nSPS) is 15.3. The SMILES string of the molecule is C=C[C@H](CO[Si](C)(C)C(C)(C)C)[C@H](C[C@H](NC(=O)OC(C)(C)C)C(=O)OC)C(=O)OC. The Balaban J connectivity index is 5.64. The maximum atomic E-state index is 12.6. The molecule has 0 spiro atoms. The van der Waals surface area contributed by atoms with Gasteiger partial charge in [-0.3, -0.25) is 4.79 Å². The van der Waals surface area contributed by atoms with Crippen molar-refractivity contribution in [2.24, 2.45) is 11.8 Å². The second-order valence-electron chi connectivity index (χ2n) is 10.1. The second kappa shape index (κ2) is 11.7. The fourth-order valence-corrected chi connectivity index (χ4v) is 3.57. The molecule has 1 N–H and O–H groups in total. The van der Waals surface area contributed by atoms with Gasteiger partial charge in [-0.15, -0.1) is 6.58 Å². The number of hydrogen-bond acceptors (Lipinski definition) is 7. The molecule has 0 saturated carbocycles. The van der Waals surface area contributed by atoms with Crippen LogP contribution in [0.4, 0.5) is 4.79 Å². The molecule has 0 aromatic rings. The van der Waals surface area contributed by atoms with Crippen LogP contribution in [0.1, 0.15) is 48.0 Å². The molecule has 8 nitrogen and oxygen atoms in total. The van der Waals surface area contributed by atoms with Crippen LogP contribution < -0.4 is 5.32 Å². The molecule has 0 aliphatic carbocycles. The quantitative estimate of drug-likeness (QED) is 0.228. The van der Waals surface area contributed by atoms with Gasteiger partial charge < -0.3 is 24.0 Å². The van der Waals surface area contributed by atoms with Gasteiger partial charge in [0.05, 0.1) is 20.1 Å². The molecule has 0 rings (SSSR count). The molecule has 0 aliphatic rings. The van der Waals surface area contributed by atoms with E-state index in [2.05, 4.69) is 45.8 Å². The molecule has 180 valence electrons. The molecule has 0 aromatic heterocycles. The number of carbonyl (C=O) groups is 3. The van der Waals surface area contributed by atoms with Gasteiger partial charge in [-0.25, -0.2) is 9.59 Å². The summed E-state index contributed by atoms with van der Waals surface area (Å²) in [6.07, 6.45) is 0.798. The van der Waals surface area contributed by atoms with Crippen molar-refractivity contribution in [1.82, 2.24) is 5.32 Å². The number of hydrogen-bond donors (Lipinski definition) is 1. The van der Waals surface area contributed by atoms with Crippen molar-refractivity contribution < 1.29 is 33.0 Å². The van der Waals surface area contributed by atoms with Crippen molar-refractivity contribution in [3.8, 4) is 0 Å². The highest BCUT2D eigenvalue weighted by atomic mass is 28.4. The summed E-state index contributed by atoms with van der Waals surface area (Å²) in [7, 11) is 0.412. The van der Waals surface area contributed by atoms with Gasteiger partial charge >= 0.3 is 18.0 Å². The Kier molecular flexibility index (Phi) is 11.0. The van der Waals surface area contributed by atoms with Crippen LogP contribution in [0.5, 0.6) is 0 Å². The minimum Gasteiger partial charge on any atom is -0.469 e. The lowest BCUT2D eigenvalue weighted by molar-refractivity contribution is -0.149.